The van der Waals surface area contributed by atoms with Crippen molar-refractivity contribution in [2.24, 2.45) is 0 Å². The van der Waals surface area contributed by atoms with E-state index < -0.39 is 58.6 Å². The minimum Gasteiger partial charge on any atom is 1.00 e. The Labute approximate surface area is 293 Å². The molecule has 0 unspecified atom stereocenters. The maximum absolute atomic E-state index is 10.2. The first kappa shape index (κ1) is 76.5. The summed E-state index contributed by atoms with van der Waals surface area (Å²) in [6, 6.07) is 0. The molecule has 0 radical (unpaired) electrons. The third-order valence-electron chi connectivity index (χ3n) is 0. The molecule has 208 valence electrons. The number of rotatable bonds is 0. The molecule has 0 aromatic rings. The minimum atomic E-state index is -6.12. The second kappa shape index (κ2) is 38.3. The van der Waals surface area contributed by atoms with Crippen molar-refractivity contribution in [2.75, 3.05) is 0 Å². The Morgan fingerprint density at radius 2 is 0.321 bits per heavy atom. The van der Waals surface area contributed by atoms with Gasteiger partial charge in [0, 0.05) is 0 Å². The molecule has 0 fully saturated rings. The van der Waals surface area contributed by atoms with Crippen molar-refractivity contribution in [3.8, 4) is 0 Å². The SMILES string of the molecule is O=[As]([O-])([O-])F.O=[As]([O-])([O-])F.O=[As]([O-])([O-])F.O=[As]([O-])([O-])F.[Ag+].[Ag+].[Ag+].[Ag+].[Ag+].[Ag+].[Ag+].[Ag+]. The molecule has 12 nitrogen and oxygen atoms in total. The zero-order valence-corrected chi connectivity index (χ0v) is 30.0. The summed E-state index contributed by atoms with van der Waals surface area (Å²) < 4.78 is 143. The van der Waals surface area contributed by atoms with Gasteiger partial charge in [-0.1, -0.05) is 0 Å². The predicted molar refractivity (Wildman–Crippen MR) is 30.2 cm³/mol. The summed E-state index contributed by atoms with van der Waals surface area (Å²) in [5, 5.41) is 0. The van der Waals surface area contributed by atoms with E-state index in [1.807, 2.05) is 0 Å². The molecule has 0 saturated heterocycles. The average molecular weight is 1430 g/mol. The second-order valence-corrected chi connectivity index (χ2v) is 8.95. The monoisotopic (exact) mass is 1420 g/mol. The predicted octanol–water partition coefficient (Wildman–Crippen LogP) is -9.85. The zero-order chi connectivity index (χ0) is 18.0. The Morgan fingerprint density at radius 1 is 0.321 bits per heavy atom. The molecular formula is Ag8As4F4O12. The van der Waals surface area contributed by atoms with Crippen molar-refractivity contribution < 1.29 is 241 Å². The molecule has 0 bridgehead atoms. The Bertz CT molecular complexity index is 316. The van der Waals surface area contributed by atoms with Gasteiger partial charge in [0.2, 0.25) is 0 Å². The van der Waals surface area contributed by atoms with Crippen molar-refractivity contribution in [1.82, 2.24) is 0 Å². The summed E-state index contributed by atoms with van der Waals surface area (Å²) in [6.45, 7) is 0. The molecule has 0 spiro atoms. The third kappa shape index (κ3) is 724. The molecule has 28 heteroatoms. The van der Waals surface area contributed by atoms with Crippen molar-refractivity contribution in [1.29, 1.82) is 0 Å². The fraction of sp³-hybridized carbons (Fsp3) is 0. The van der Waals surface area contributed by atoms with E-state index >= 15 is 0 Å². The first-order valence-corrected chi connectivity index (χ1v) is 14.9. The third-order valence-corrected chi connectivity index (χ3v) is 0. The van der Waals surface area contributed by atoms with E-state index in [1.165, 1.54) is 0 Å². The minimum absolute atomic E-state index is 0. The fourth-order valence-corrected chi connectivity index (χ4v) is 0. The normalized spacial score (nSPS) is 8.43. The molecular weight excluding hydrogens is 1430 g/mol. The molecule has 0 N–H and O–H groups in total. The van der Waals surface area contributed by atoms with Crippen LogP contribution in [0.1, 0.15) is 0 Å². The molecule has 28 heavy (non-hydrogen) atoms. The van der Waals surface area contributed by atoms with E-state index in [1.54, 1.807) is 0 Å². The van der Waals surface area contributed by atoms with Crippen LogP contribution in [0.5, 0.6) is 0 Å². The zero-order valence-electron chi connectivity index (χ0n) is 10.6. The van der Waals surface area contributed by atoms with Crippen LogP contribution in [0.3, 0.4) is 0 Å². The number of halogens is 4. The maximum Gasteiger partial charge on any atom is 1.00 e. The van der Waals surface area contributed by atoms with Crippen LogP contribution in [-0.2, 0) is 194 Å². The van der Waals surface area contributed by atoms with Crippen molar-refractivity contribution >= 4 is 58.6 Å². The van der Waals surface area contributed by atoms with Gasteiger partial charge in [-0.2, -0.15) is 0 Å². The summed E-state index contributed by atoms with van der Waals surface area (Å²) in [5.41, 5.74) is 0. The molecule has 0 rings (SSSR count). The fourth-order valence-electron chi connectivity index (χ4n) is 0. The molecule has 0 atom stereocenters. The van der Waals surface area contributed by atoms with Gasteiger partial charge in [-0.25, -0.2) is 0 Å². The van der Waals surface area contributed by atoms with Gasteiger partial charge in [0.05, 0.1) is 0 Å². The average Bonchev–Trinajstić information content (AvgIpc) is 1.62. The summed E-state index contributed by atoms with van der Waals surface area (Å²) in [5.74, 6) is 0. The number of hydrogen-bond acceptors (Lipinski definition) is 12. The quantitative estimate of drug-likeness (QED) is 0.162. The summed E-state index contributed by atoms with van der Waals surface area (Å²) in [7, 11) is 0. The first-order valence-electron chi connectivity index (χ1n) is 2.87. The smallest absolute Gasteiger partial charge is 1.00 e. The summed E-state index contributed by atoms with van der Waals surface area (Å²) in [4.78, 5) is 0. The van der Waals surface area contributed by atoms with Gasteiger partial charge < -0.3 is 0 Å². The van der Waals surface area contributed by atoms with Crippen molar-refractivity contribution in [3.63, 3.8) is 0 Å². The molecule has 0 aromatic heterocycles. The Morgan fingerprint density at radius 3 is 0.321 bits per heavy atom. The van der Waals surface area contributed by atoms with Crippen LogP contribution < -0.4 is 32.8 Å². The van der Waals surface area contributed by atoms with Crippen LogP contribution in [0.25, 0.3) is 0 Å². The first-order chi connectivity index (χ1) is 8.00. The van der Waals surface area contributed by atoms with Gasteiger partial charge in [0.25, 0.3) is 0 Å². The molecule has 0 heterocycles. The largest absolute Gasteiger partial charge is 1.00 e. The van der Waals surface area contributed by atoms with Crippen LogP contribution in [-0.4, -0.2) is 58.6 Å². The van der Waals surface area contributed by atoms with Crippen LogP contribution in [0, 0.1) is 0 Å². The van der Waals surface area contributed by atoms with E-state index in [0.717, 1.165) is 0 Å². The van der Waals surface area contributed by atoms with E-state index in [2.05, 4.69) is 0 Å². The topological polar surface area (TPSA) is 253 Å². The Kier molecular flexibility index (Phi) is 105. The van der Waals surface area contributed by atoms with Crippen molar-refractivity contribution in [3.05, 3.63) is 0 Å². The summed E-state index contributed by atoms with van der Waals surface area (Å²) in [6.07, 6.45) is 0. The van der Waals surface area contributed by atoms with Gasteiger partial charge in [0.1, 0.15) is 0 Å². The second-order valence-electron chi connectivity index (χ2n) is 1.72. The Balaban J connectivity index is -0.0000000111. The molecule has 0 aromatic carbocycles. The van der Waals surface area contributed by atoms with Gasteiger partial charge in [-0.3, -0.25) is 0 Å². The molecule has 0 aliphatic rings. The maximum atomic E-state index is 10.2. The van der Waals surface area contributed by atoms with Gasteiger partial charge in [-0.15, -0.1) is 0 Å². The standard InChI is InChI=1S/8Ag.4AsFH2O3/c;;;;;;;;4*2-1(3,4)5/h;;;;;;;;4*(H2,3,4,5)/q8*+1;;;;/p-8. The van der Waals surface area contributed by atoms with E-state index in [4.69, 9.17) is 47.7 Å². The van der Waals surface area contributed by atoms with E-state index in [9.17, 15) is 13.9 Å². The Hall–Kier alpha value is 6.76. The van der Waals surface area contributed by atoms with Gasteiger partial charge in [-0.05, 0) is 0 Å². The summed E-state index contributed by atoms with van der Waals surface area (Å²) >= 11 is -24.5. The van der Waals surface area contributed by atoms with Crippen molar-refractivity contribution in [2.45, 2.75) is 0 Å². The van der Waals surface area contributed by atoms with Crippen LogP contribution in [0.2, 0.25) is 0 Å². The van der Waals surface area contributed by atoms with E-state index in [0.29, 0.717) is 0 Å². The van der Waals surface area contributed by atoms with Crippen LogP contribution in [0.15, 0.2) is 0 Å². The van der Waals surface area contributed by atoms with Gasteiger partial charge in [0.15, 0.2) is 0 Å². The van der Waals surface area contributed by atoms with E-state index in [-0.39, 0.29) is 179 Å². The van der Waals surface area contributed by atoms with Crippen LogP contribution >= 0.6 is 0 Å². The van der Waals surface area contributed by atoms with Crippen LogP contribution in [0.4, 0.5) is 13.9 Å². The van der Waals surface area contributed by atoms with Gasteiger partial charge >= 0.3 is 299 Å². The molecule has 0 aliphatic heterocycles. The molecule has 0 amide bonds. The molecule has 0 aliphatic carbocycles. The number of hydrogen-bond donors (Lipinski definition) is 0. The molecule has 0 saturated carbocycles.